The molecule has 1 saturated carbocycles. The Morgan fingerprint density at radius 3 is 2.71 bits per heavy atom. The van der Waals surface area contributed by atoms with E-state index in [1.165, 1.54) is 0 Å². The van der Waals surface area contributed by atoms with E-state index < -0.39 is 15.5 Å². The fraction of sp³-hybridized carbons (Fsp3) is 0.500. The Morgan fingerprint density at radius 2 is 2.04 bits per heavy atom. The van der Waals surface area contributed by atoms with Crippen molar-refractivity contribution in [1.82, 2.24) is 0 Å². The summed E-state index contributed by atoms with van der Waals surface area (Å²) < 4.78 is 33.7. The molecule has 3 rings (SSSR count). The Morgan fingerprint density at radius 1 is 1.33 bits per heavy atom. The number of esters is 1. The summed E-state index contributed by atoms with van der Waals surface area (Å²) in [6, 6.07) is 6.90. The second kappa shape index (κ2) is 6.24. The summed E-state index contributed by atoms with van der Waals surface area (Å²) in [6.07, 6.45) is 2.59. The molecule has 1 aromatic carbocycles. The molecular weight excluding hydrogens is 328 g/mol. The first-order chi connectivity index (χ1) is 11.3. The first-order valence-electron chi connectivity index (χ1n) is 8.19. The van der Waals surface area contributed by atoms with Crippen molar-refractivity contribution in [2.24, 2.45) is 11.3 Å². The zero-order chi connectivity index (χ0) is 17.4. The highest BCUT2D eigenvalue weighted by molar-refractivity contribution is 7.87. The zero-order valence-corrected chi connectivity index (χ0v) is 14.6. The zero-order valence-electron chi connectivity index (χ0n) is 13.8. The number of hydrogen-bond donors (Lipinski definition) is 0. The van der Waals surface area contributed by atoms with Crippen molar-refractivity contribution in [2.45, 2.75) is 32.6 Å². The van der Waals surface area contributed by atoms with Crippen LogP contribution in [0.4, 0.5) is 0 Å². The van der Waals surface area contributed by atoms with Crippen molar-refractivity contribution in [3.63, 3.8) is 0 Å². The fourth-order valence-electron chi connectivity index (χ4n) is 3.73. The highest BCUT2D eigenvalue weighted by Gasteiger charge is 2.55. The van der Waals surface area contributed by atoms with Crippen LogP contribution in [0.25, 0.3) is 0 Å². The van der Waals surface area contributed by atoms with E-state index in [4.69, 9.17) is 8.92 Å². The Labute approximate surface area is 142 Å². The van der Waals surface area contributed by atoms with Crippen molar-refractivity contribution < 1.29 is 22.1 Å². The third-order valence-corrected chi connectivity index (χ3v) is 6.18. The molecule has 0 spiro atoms. The molecule has 2 aliphatic rings. The van der Waals surface area contributed by atoms with Gasteiger partial charge in [-0.2, -0.15) is 8.42 Å². The van der Waals surface area contributed by atoms with E-state index in [2.05, 4.69) is 6.58 Å². The van der Waals surface area contributed by atoms with Gasteiger partial charge in [0.25, 0.3) is 0 Å². The van der Waals surface area contributed by atoms with Gasteiger partial charge >= 0.3 is 16.1 Å². The molecule has 2 unspecified atom stereocenters. The summed E-state index contributed by atoms with van der Waals surface area (Å²) in [5.74, 6) is 0.342. The lowest BCUT2D eigenvalue weighted by molar-refractivity contribution is -0.146. The second-order valence-corrected chi connectivity index (χ2v) is 8.44. The van der Waals surface area contributed by atoms with Gasteiger partial charge in [0.1, 0.15) is 5.75 Å². The van der Waals surface area contributed by atoms with Gasteiger partial charge in [-0.3, -0.25) is 4.79 Å². The summed E-state index contributed by atoms with van der Waals surface area (Å²) in [7, 11) is -3.54. The van der Waals surface area contributed by atoms with Gasteiger partial charge in [0.2, 0.25) is 0 Å². The normalized spacial score (nSPS) is 26.3. The van der Waals surface area contributed by atoms with Crippen molar-refractivity contribution >= 4 is 16.1 Å². The van der Waals surface area contributed by atoms with Crippen LogP contribution >= 0.6 is 0 Å². The second-order valence-electron chi connectivity index (χ2n) is 6.75. The van der Waals surface area contributed by atoms with Gasteiger partial charge in [0, 0.05) is 5.92 Å². The first kappa shape index (κ1) is 17.0. The average Bonchev–Trinajstić information content (AvgIpc) is 2.96. The minimum Gasteiger partial charge on any atom is -0.465 e. The van der Waals surface area contributed by atoms with E-state index in [9.17, 15) is 13.2 Å². The maximum absolute atomic E-state index is 12.3. The number of cyclic esters (lactones) is 1. The van der Waals surface area contributed by atoms with Crippen molar-refractivity contribution in [2.75, 3.05) is 12.4 Å². The van der Waals surface area contributed by atoms with Gasteiger partial charge in [-0.05, 0) is 43.4 Å². The largest absolute Gasteiger partial charge is 0.465 e. The van der Waals surface area contributed by atoms with Crippen LogP contribution in [0.2, 0.25) is 0 Å². The maximum Gasteiger partial charge on any atom is 0.313 e. The van der Waals surface area contributed by atoms with Gasteiger partial charge < -0.3 is 8.92 Å². The summed E-state index contributed by atoms with van der Waals surface area (Å²) in [5, 5.41) is 0. The molecule has 130 valence electrons. The fourth-order valence-corrected chi connectivity index (χ4v) is 4.72. The number of ether oxygens (including phenoxy) is 1. The molecule has 2 fully saturated rings. The third kappa shape index (κ3) is 3.20. The predicted molar refractivity (Wildman–Crippen MR) is 90.1 cm³/mol. The van der Waals surface area contributed by atoms with E-state index in [1.54, 1.807) is 19.1 Å². The Balaban J connectivity index is 1.75. The average molecular weight is 350 g/mol. The summed E-state index contributed by atoms with van der Waals surface area (Å²) in [4.78, 5) is 12.3. The van der Waals surface area contributed by atoms with Crippen LogP contribution in [0.15, 0.2) is 36.4 Å². The van der Waals surface area contributed by atoms with Crippen molar-refractivity contribution in [3.05, 3.63) is 42.0 Å². The van der Waals surface area contributed by atoms with Crippen LogP contribution < -0.4 is 4.18 Å². The lowest BCUT2D eigenvalue weighted by Gasteiger charge is -2.24. The first-order valence-corrected chi connectivity index (χ1v) is 9.77. The molecule has 1 aliphatic carbocycles. The van der Waals surface area contributed by atoms with Crippen LogP contribution in [0, 0.1) is 11.3 Å². The van der Waals surface area contributed by atoms with Crippen LogP contribution in [0.3, 0.4) is 0 Å². The molecule has 0 amide bonds. The van der Waals surface area contributed by atoms with Crippen LogP contribution in [-0.4, -0.2) is 26.7 Å². The number of benzene rings is 1. The van der Waals surface area contributed by atoms with Gasteiger partial charge in [0.05, 0.1) is 17.8 Å². The Hall–Kier alpha value is -1.82. The highest BCUT2D eigenvalue weighted by Crippen LogP contribution is 2.52. The van der Waals surface area contributed by atoms with Crippen LogP contribution in [-0.2, 0) is 26.1 Å². The topological polar surface area (TPSA) is 69.7 Å². The molecule has 6 heteroatoms. The third-order valence-electron chi connectivity index (χ3n) is 4.82. The van der Waals surface area contributed by atoms with Gasteiger partial charge in [-0.1, -0.05) is 31.2 Å². The summed E-state index contributed by atoms with van der Waals surface area (Å²) in [6.45, 7) is 6.29. The Kier molecular flexibility index (Phi) is 4.42. The number of fused-ring (bicyclic) bond motifs is 1. The van der Waals surface area contributed by atoms with Gasteiger partial charge in [0.15, 0.2) is 0 Å². The quantitative estimate of drug-likeness (QED) is 0.448. The SMILES string of the molecule is C=C1CC2COC(=O)C2(Cc2ccc(OS(=O)(=O)CCC)cc2)C1. The van der Waals surface area contributed by atoms with Crippen LogP contribution in [0.5, 0.6) is 5.75 Å². The smallest absolute Gasteiger partial charge is 0.313 e. The minimum atomic E-state index is -3.54. The minimum absolute atomic E-state index is 0.00645. The standard InChI is InChI=1S/C18H22O5S/c1-3-8-24(20,21)23-16-6-4-14(5-7-16)11-18-10-13(2)9-15(18)12-22-17(18)19/h4-7,15H,2-3,8-12H2,1H3. The number of hydrogen-bond acceptors (Lipinski definition) is 5. The van der Waals surface area contributed by atoms with Crippen molar-refractivity contribution in [3.8, 4) is 5.75 Å². The number of carbonyl (C=O) groups excluding carboxylic acids is 1. The number of rotatable bonds is 6. The molecule has 24 heavy (non-hydrogen) atoms. The van der Waals surface area contributed by atoms with Gasteiger partial charge in [-0.25, -0.2) is 0 Å². The molecule has 0 N–H and O–H groups in total. The molecule has 0 bridgehead atoms. The molecule has 5 nitrogen and oxygen atoms in total. The number of allylic oxidation sites excluding steroid dienone is 1. The van der Waals surface area contributed by atoms with Crippen molar-refractivity contribution in [1.29, 1.82) is 0 Å². The molecular formula is C18H22O5S. The van der Waals surface area contributed by atoms with E-state index >= 15 is 0 Å². The monoisotopic (exact) mass is 350 g/mol. The molecule has 2 atom stereocenters. The molecule has 1 saturated heterocycles. The molecule has 0 aromatic heterocycles. The molecule has 1 aromatic rings. The van der Waals surface area contributed by atoms with E-state index in [-0.39, 0.29) is 17.6 Å². The molecule has 0 radical (unpaired) electrons. The summed E-state index contributed by atoms with van der Waals surface area (Å²) in [5.41, 5.74) is 1.56. The maximum atomic E-state index is 12.3. The van der Waals surface area contributed by atoms with Crippen LogP contribution in [0.1, 0.15) is 31.7 Å². The summed E-state index contributed by atoms with van der Waals surface area (Å²) >= 11 is 0. The number of carbonyl (C=O) groups is 1. The van der Waals surface area contributed by atoms with E-state index in [0.29, 0.717) is 31.6 Å². The molecule has 1 heterocycles. The van der Waals surface area contributed by atoms with E-state index in [1.807, 2.05) is 12.1 Å². The Bertz CT molecular complexity index is 750. The highest BCUT2D eigenvalue weighted by atomic mass is 32.2. The lowest BCUT2D eigenvalue weighted by atomic mass is 9.75. The van der Waals surface area contributed by atoms with Gasteiger partial charge in [-0.15, -0.1) is 0 Å². The lowest BCUT2D eigenvalue weighted by Crippen LogP contribution is -2.31. The molecule has 1 aliphatic heterocycles. The van der Waals surface area contributed by atoms with E-state index in [0.717, 1.165) is 17.6 Å². The predicted octanol–water partition coefficient (Wildman–Crippen LogP) is 2.86.